The highest BCUT2D eigenvalue weighted by Gasteiger charge is 2.33. The molecule has 0 radical (unpaired) electrons. The van der Waals surface area contributed by atoms with E-state index in [1.807, 2.05) is 0 Å². The second kappa shape index (κ2) is 6.76. The van der Waals surface area contributed by atoms with Crippen molar-refractivity contribution in [2.45, 2.75) is 6.18 Å². The summed E-state index contributed by atoms with van der Waals surface area (Å²) in [6, 6.07) is 11.5. The summed E-state index contributed by atoms with van der Waals surface area (Å²) in [6.45, 7) is 0. The van der Waals surface area contributed by atoms with Crippen LogP contribution in [-0.2, 0) is 6.18 Å². The maximum atomic E-state index is 13.3. The number of rotatable bonds is 3. The topological polar surface area (TPSA) is 72.2 Å². The Morgan fingerprint density at radius 1 is 1.00 bits per heavy atom. The minimum Gasteiger partial charge on any atom is -0.302 e. The molecule has 0 aliphatic heterocycles. The minimum absolute atomic E-state index is 0.0549. The van der Waals surface area contributed by atoms with Gasteiger partial charge < -0.3 is 5.32 Å². The molecule has 0 aliphatic carbocycles. The summed E-state index contributed by atoms with van der Waals surface area (Å²) < 4.78 is 41.5. The fourth-order valence-corrected chi connectivity index (χ4v) is 2.74. The van der Waals surface area contributed by atoms with Crippen molar-refractivity contribution >= 4 is 17.4 Å². The maximum Gasteiger partial charge on any atom is 0.417 e. The van der Waals surface area contributed by atoms with Crippen LogP contribution in [0.25, 0.3) is 16.9 Å². The van der Waals surface area contributed by atoms with Crippen LogP contribution in [0.15, 0.2) is 67.3 Å². The van der Waals surface area contributed by atoms with Crippen molar-refractivity contribution in [2.75, 3.05) is 5.32 Å². The van der Waals surface area contributed by atoms with E-state index in [1.54, 1.807) is 12.1 Å². The first kappa shape index (κ1) is 17.7. The number of carbonyl (C=O) groups excluding carboxylic acids is 1. The van der Waals surface area contributed by atoms with Gasteiger partial charge in [-0.25, -0.2) is 9.97 Å². The van der Waals surface area contributed by atoms with E-state index in [-0.39, 0.29) is 28.4 Å². The van der Waals surface area contributed by atoms with Gasteiger partial charge in [-0.2, -0.15) is 13.2 Å². The molecule has 0 fully saturated rings. The van der Waals surface area contributed by atoms with Gasteiger partial charge >= 0.3 is 6.18 Å². The van der Waals surface area contributed by atoms with Crippen molar-refractivity contribution in [1.82, 2.24) is 19.4 Å². The molecule has 9 heteroatoms. The van der Waals surface area contributed by atoms with E-state index >= 15 is 0 Å². The summed E-state index contributed by atoms with van der Waals surface area (Å²) >= 11 is 0. The lowest BCUT2D eigenvalue weighted by atomic mass is 10.0. The number of nitrogens with zero attached hydrogens (tertiary/aromatic N) is 4. The summed E-state index contributed by atoms with van der Waals surface area (Å²) in [5.41, 5.74) is -0.318. The fraction of sp³-hybridized carbons (Fsp3) is 0.0526. The number of hydrogen-bond donors (Lipinski definition) is 1. The monoisotopic (exact) mass is 383 g/mol. The highest BCUT2D eigenvalue weighted by molar-refractivity contribution is 6.04. The first-order valence-corrected chi connectivity index (χ1v) is 8.16. The zero-order valence-electron chi connectivity index (χ0n) is 14.2. The van der Waals surface area contributed by atoms with Crippen LogP contribution in [0.3, 0.4) is 0 Å². The van der Waals surface area contributed by atoms with Crippen LogP contribution in [0.1, 0.15) is 16.1 Å². The Morgan fingerprint density at radius 2 is 1.79 bits per heavy atom. The summed E-state index contributed by atoms with van der Waals surface area (Å²) in [6.07, 6.45) is -0.0880. The van der Waals surface area contributed by atoms with Gasteiger partial charge in [0, 0.05) is 18.0 Å². The number of aromatic nitrogens is 4. The molecule has 0 saturated carbocycles. The fourth-order valence-electron chi connectivity index (χ4n) is 2.74. The zero-order valence-corrected chi connectivity index (χ0v) is 14.2. The van der Waals surface area contributed by atoms with E-state index in [2.05, 4.69) is 20.3 Å². The molecule has 3 aromatic heterocycles. The van der Waals surface area contributed by atoms with Gasteiger partial charge in [0.1, 0.15) is 12.0 Å². The van der Waals surface area contributed by atoms with Crippen molar-refractivity contribution < 1.29 is 18.0 Å². The van der Waals surface area contributed by atoms with Gasteiger partial charge in [-0.3, -0.25) is 14.2 Å². The first-order valence-electron chi connectivity index (χ1n) is 8.16. The number of alkyl halides is 3. The van der Waals surface area contributed by atoms with Gasteiger partial charge in [0.05, 0.1) is 11.3 Å². The molecule has 6 nitrogen and oxygen atoms in total. The van der Waals surface area contributed by atoms with Crippen LogP contribution in [-0.4, -0.2) is 25.3 Å². The second-order valence-corrected chi connectivity index (χ2v) is 5.85. The van der Waals surface area contributed by atoms with Gasteiger partial charge in [0.15, 0.2) is 11.5 Å². The number of halogens is 3. The Kier molecular flexibility index (Phi) is 4.26. The quantitative estimate of drug-likeness (QED) is 0.579. The number of carbonyl (C=O) groups is 1. The van der Waals surface area contributed by atoms with E-state index in [0.717, 1.165) is 6.07 Å². The van der Waals surface area contributed by atoms with Crippen molar-refractivity contribution in [2.24, 2.45) is 0 Å². The number of amides is 1. The van der Waals surface area contributed by atoms with Gasteiger partial charge in [0.25, 0.3) is 5.91 Å². The molecular formula is C19H12F3N5O. The second-order valence-electron chi connectivity index (χ2n) is 5.85. The van der Waals surface area contributed by atoms with Crippen molar-refractivity contribution in [1.29, 1.82) is 0 Å². The molecule has 3 heterocycles. The Labute approximate surface area is 156 Å². The highest BCUT2D eigenvalue weighted by atomic mass is 19.4. The summed E-state index contributed by atoms with van der Waals surface area (Å²) in [5, 5.41) is 2.59. The lowest BCUT2D eigenvalue weighted by Crippen LogP contribution is -2.14. The van der Waals surface area contributed by atoms with Crippen molar-refractivity contribution in [3.8, 4) is 11.3 Å². The molecule has 0 unspecified atom stereocenters. The lowest BCUT2D eigenvalue weighted by molar-refractivity contribution is -0.137. The number of pyridine rings is 1. The molecule has 140 valence electrons. The minimum atomic E-state index is -4.51. The molecular weight excluding hydrogens is 371 g/mol. The molecule has 0 saturated heterocycles. The van der Waals surface area contributed by atoms with Crippen molar-refractivity contribution in [3.05, 3.63) is 78.5 Å². The molecule has 28 heavy (non-hydrogen) atoms. The van der Waals surface area contributed by atoms with E-state index in [0.29, 0.717) is 0 Å². The van der Waals surface area contributed by atoms with Crippen LogP contribution < -0.4 is 5.32 Å². The Morgan fingerprint density at radius 3 is 2.54 bits per heavy atom. The van der Waals surface area contributed by atoms with Crippen LogP contribution >= 0.6 is 0 Å². The van der Waals surface area contributed by atoms with Crippen LogP contribution in [0.4, 0.5) is 19.0 Å². The molecule has 0 spiro atoms. The van der Waals surface area contributed by atoms with E-state index in [4.69, 9.17) is 0 Å². The summed E-state index contributed by atoms with van der Waals surface area (Å²) in [4.78, 5) is 24.6. The number of fused-ring (bicyclic) bond motifs is 1. The average Bonchev–Trinajstić information content (AvgIpc) is 3.10. The number of anilines is 1. The summed E-state index contributed by atoms with van der Waals surface area (Å²) in [5.74, 6) is -0.369. The van der Waals surface area contributed by atoms with Crippen molar-refractivity contribution in [3.63, 3.8) is 0 Å². The van der Waals surface area contributed by atoms with E-state index in [1.165, 1.54) is 53.5 Å². The van der Waals surface area contributed by atoms with Crippen LogP contribution in [0, 0.1) is 0 Å². The SMILES string of the molecule is O=C(Nc1ncn2ccc(-c3ccccc3C(F)(F)F)nc12)c1ccccn1. The first-order chi connectivity index (χ1) is 13.4. The smallest absolute Gasteiger partial charge is 0.302 e. The largest absolute Gasteiger partial charge is 0.417 e. The van der Waals surface area contributed by atoms with Crippen LogP contribution in [0.5, 0.6) is 0 Å². The van der Waals surface area contributed by atoms with E-state index in [9.17, 15) is 18.0 Å². The normalized spacial score (nSPS) is 11.5. The van der Waals surface area contributed by atoms with Gasteiger partial charge in [-0.05, 0) is 24.3 Å². The van der Waals surface area contributed by atoms with Crippen LogP contribution in [0.2, 0.25) is 0 Å². The number of hydrogen-bond acceptors (Lipinski definition) is 4. The maximum absolute atomic E-state index is 13.3. The standard InChI is InChI=1S/C19H12F3N5O/c20-19(21,22)13-6-2-1-5-12(13)14-8-10-27-11-24-16(17(27)25-14)26-18(28)15-7-3-4-9-23-15/h1-11H,(H,26,28). The number of benzene rings is 1. The van der Waals surface area contributed by atoms with Gasteiger partial charge in [-0.1, -0.05) is 24.3 Å². The Bertz CT molecular complexity index is 1160. The summed E-state index contributed by atoms with van der Waals surface area (Å²) in [7, 11) is 0. The molecule has 0 bridgehead atoms. The Balaban J connectivity index is 1.75. The Hall–Kier alpha value is -3.75. The zero-order chi connectivity index (χ0) is 19.7. The van der Waals surface area contributed by atoms with Gasteiger partial charge in [0.2, 0.25) is 0 Å². The average molecular weight is 383 g/mol. The molecule has 4 aromatic rings. The number of imidazole rings is 1. The number of nitrogens with one attached hydrogen (secondary N) is 1. The predicted molar refractivity (Wildman–Crippen MR) is 95.6 cm³/mol. The molecule has 4 rings (SSSR count). The predicted octanol–water partition coefficient (Wildman–Crippen LogP) is 4.06. The molecule has 0 atom stereocenters. The van der Waals surface area contributed by atoms with E-state index < -0.39 is 17.6 Å². The third-order valence-electron chi connectivity index (χ3n) is 4.02. The third kappa shape index (κ3) is 3.29. The molecule has 1 N–H and O–H groups in total. The molecule has 1 aromatic carbocycles. The third-order valence-corrected chi connectivity index (χ3v) is 4.02. The molecule has 0 aliphatic rings. The molecule has 1 amide bonds. The highest BCUT2D eigenvalue weighted by Crippen LogP contribution is 2.36. The lowest BCUT2D eigenvalue weighted by Gasteiger charge is -2.12. The van der Waals surface area contributed by atoms with Gasteiger partial charge in [-0.15, -0.1) is 0 Å².